The third-order valence-corrected chi connectivity index (χ3v) is 3.05. The van der Waals surface area contributed by atoms with Crippen molar-refractivity contribution in [2.45, 2.75) is 39.7 Å². The third kappa shape index (κ3) is 5.78. The van der Waals surface area contributed by atoms with Crippen LogP contribution < -0.4 is 5.73 Å². The molecule has 0 heterocycles. The second-order valence-electron chi connectivity index (χ2n) is 5.47. The molecule has 0 saturated carbocycles. The number of hydrogen-bond acceptors (Lipinski definition) is 1. The number of hydrogen-bond donors (Lipinski definition) is 1. The zero-order valence-electron chi connectivity index (χ0n) is 11.1. The lowest BCUT2D eigenvalue weighted by atomic mass is 9.97. The molecule has 1 unspecified atom stereocenters. The highest BCUT2D eigenvalue weighted by molar-refractivity contribution is 6.42. The number of nitrogens with two attached hydrogens (primary N) is 1. The SMILES string of the molecule is CC(C)(C)C#CCC(N)Cc1ccc(Cl)c(Cl)c1. The van der Waals surface area contributed by atoms with E-state index in [2.05, 4.69) is 32.6 Å². The molecule has 18 heavy (non-hydrogen) atoms. The van der Waals surface area contributed by atoms with E-state index in [0.717, 1.165) is 12.0 Å². The van der Waals surface area contributed by atoms with E-state index < -0.39 is 0 Å². The van der Waals surface area contributed by atoms with Crippen LogP contribution in [0.5, 0.6) is 0 Å². The van der Waals surface area contributed by atoms with Crippen LogP contribution in [0.2, 0.25) is 10.0 Å². The highest BCUT2D eigenvalue weighted by Crippen LogP contribution is 2.23. The van der Waals surface area contributed by atoms with Gasteiger partial charge in [-0.1, -0.05) is 35.2 Å². The molecular formula is C15H19Cl2N. The first-order chi connectivity index (χ1) is 8.28. The van der Waals surface area contributed by atoms with Crippen LogP contribution >= 0.6 is 23.2 Å². The van der Waals surface area contributed by atoms with E-state index in [9.17, 15) is 0 Å². The van der Waals surface area contributed by atoms with Gasteiger partial charge in [-0.15, -0.1) is 5.92 Å². The van der Waals surface area contributed by atoms with E-state index >= 15 is 0 Å². The Morgan fingerprint density at radius 3 is 2.44 bits per heavy atom. The van der Waals surface area contributed by atoms with E-state index in [-0.39, 0.29) is 11.5 Å². The normalized spacial score (nSPS) is 12.8. The Bertz CT molecular complexity index is 464. The molecule has 1 atom stereocenters. The molecule has 1 aromatic rings. The molecule has 0 aliphatic heterocycles. The van der Waals surface area contributed by atoms with Gasteiger partial charge in [0.25, 0.3) is 0 Å². The molecule has 98 valence electrons. The maximum absolute atomic E-state index is 6.04. The minimum atomic E-state index is 0.0251. The van der Waals surface area contributed by atoms with Crippen molar-refractivity contribution in [1.29, 1.82) is 0 Å². The van der Waals surface area contributed by atoms with Crippen molar-refractivity contribution < 1.29 is 0 Å². The summed E-state index contributed by atoms with van der Waals surface area (Å²) in [5, 5.41) is 1.14. The molecule has 1 rings (SSSR count). The molecule has 0 spiro atoms. The van der Waals surface area contributed by atoms with Gasteiger partial charge in [0.1, 0.15) is 0 Å². The Kier molecular flexibility index (Phi) is 5.53. The first-order valence-corrected chi connectivity index (χ1v) is 6.73. The lowest BCUT2D eigenvalue weighted by Crippen LogP contribution is -2.22. The second kappa shape index (κ2) is 6.48. The fourth-order valence-electron chi connectivity index (χ4n) is 1.49. The van der Waals surface area contributed by atoms with Gasteiger partial charge in [-0.2, -0.15) is 0 Å². The molecule has 3 heteroatoms. The molecule has 0 aliphatic rings. The molecule has 2 N–H and O–H groups in total. The lowest BCUT2D eigenvalue weighted by molar-refractivity contribution is 0.569. The van der Waals surface area contributed by atoms with Crippen LogP contribution in [0.1, 0.15) is 32.8 Å². The summed E-state index contributed by atoms with van der Waals surface area (Å²) in [7, 11) is 0. The topological polar surface area (TPSA) is 26.0 Å². The van der Waals surface area contributed by atoms with Gasteiger partial charge in [0.15, 0.2) is 0 Å². The standard InChI is InChI=1S/C15H19Cl2N/c1-15(2,3)8-4-5-12(18)9-11-6-7-13(16)14(17)10-11/h6-7,10,12H,5,9,18H2,1-3H3. The van der Waals surface area contributed by atoms with Gasteiger partial charge in [-0.3, -0.25) is 0 Å². The Morgan fingerprint density at radius 2 is 1.89 bits per heavy atom. The highest BCUT2D eigenvalue weighted by atomic mass is 35.5. The Morgan fingerprint density at radius 1 is 1.22 bits per heavy atom. The molecule has 0 fully saturated rings. The zero-order valence-corrected chi connectivity index (χ0v) is 12.6. The van der Waals surface area contributed by atoms with Crippen molar-refractivity contribution in [3.63, 3.8) is 0 Å². The summed E-state index contributed by atoms with van der Waals surface area (Å²) in [5.41, 5.74) is 7.17. The molecule has 1 nitrogen and oxygen atoms in total. The summed E-state index contributed by atoms with van der Waals surface area (Å²) in [4.78, 5) is 0. The summed E-state index contributed by atoms with van der Waals surface area (Å²) in [6.45, 7) is 6.26. The molecule has 0 bridgehead atoms. The second-order valence-corrected chi connectivity index (χ2v) is 6.28. The molecule has 0 aromatic heterocycles. The van der Waals surface area contributed by atoms with Crippen LogP contribution in [0, 0.1) is 17.3 Å². The molecule has 0 aliphatic carbocycles. The summed E-state index contributed by atoms with van der Waals surface area (Å²) in [6, 6.07) is 5.64. The number of halogens is 2. The van der Waals surface area contributed by atoms with Crippen molar-refractivity contribution in [2.75, 3.05) is 0 Å². The maximum Gasteiger partial charge on any atom is 0.0595 e. The molecule has 0 radical (unpaired) electrons. The summed E-state index contributed by atoms with van der Waals surface area (Å²) >= 11 is 11.8. The summed E-state index contributed by atoms with van der Waals surface area (Å²) in [5.74, 6) is 6.32. The average Bonchev–Trinajstić information content (AvgIpc) is 2.21. The molecule has 1 aromatic carbocycles. The van der Waals surface area contributed by atoms with Crippen LogP contribution in [0.3, 0.4) is 0 Å². The molecule has 0 saturated heterocycles. The highest BCUT2D eigenvalue weighted by Gasteiger charge is 2.06. The average molecular weight is 284 g/mol. The van der Waals surface area contributed by atoms with Gasteiger partial charge in [-0.05, 0) is 44.9 Å². The van der Waals surface area contributed by atoms with Crippen LogP contribution in [0.4, 0.5) is 0 Å². The van der Waals surface area contributed by atoms with Crippen LogP contribution in [0.25, 0.3) is 0 Å². The van der Waals surface area contributed by atoms with Gasteiger partial charge >= 0.3 is 0 Å². The van der Waals surface area contributed by atoms with Gasteiger partial charge < -0.3 is 5.73 Å². The predicted octanol–water partition coefficient (Wildman–Crippen LogP) is 4.30. The zero-order chi connectivity index (χ0) is 13.8. The summed E-state index contributed by atoms with van der Waals surface area (Å²) < 4.78 is 0. The van der Waals surface area contributed by atoms with Crippen molar-refractivity contribution in [2.24, 2.45) is 11.1 Å². The Hall–Kier alpha value is -0.680. The fraction of sp³-hybridized carbons (Fsp3) is 0.467. The minimum absolute atomic E-state index is 0.0251. The van der Waals surface area contributed by atoms with Gasteiger partial charge in [-0.25, -0.2) is 0 Å². The fourth-order valence-corrected chi connectivity index (χ4v) is 1.81. The number of rotatable bonds is 3. The molecular weight excluding hydrogens is 265 g/mol. The Labute approximate surface area is 120 Å². The Balaban J connectivity index is 2.56. The van der Waals surface area contributed by atoms with E-state index in [1.54, 1.807) is 6.07 Å². The summed E-state index contributed by atoms with van der Waals surface area (Å²) in [6.07, 6.45) is 1.45. The van der Waals surface area contributed by atoms with E-state index in [0.29, 0.717) is 16.5 Å². The minimum Gasteiger partial charge on any atom is -0.327 e. The van der Waals surface area contributed by atoms with E-state index in [4.69, 9.17) is 28.9 Å². The van der Waals surface area contributed by atoms with Crippen molar-refractivity contribution in [1.82, 2.24) is 0 Å². The smallest absolute Gasteiger partial charge is 0.0595 e. The lowest BCUT2D eigenvalue weighted by Gasteiger charge is -2.10. The van der Waals surface area contributed by atoms with Crippen LogP contribution in [-0.2, 0) is 6.42 Å². The number of benzene rings is 1. The van der Waals surface area contributed by atoms with Crippen molar-refractivity contribution in [3.8, 4) is 11.8 Å². The first kappa shape index (κ1) is 15.4. The first-order valence-electron chi connectivity index (χ1n) is 5.97. The van der Waals surface area contributed by atoms with Crippen LogP contribution in [0.15, 0.2) is 18.2 Å². The van der Waals surface area contributed by atoms with Gasteiger partial charge in [0.2, 0.25) is 0 Å². The van der Waals surface area contributed by atoms with E-state index in [1.165, 1.54) is 0 Å². The molecule has 0 amide bonds. The predicted molar refractivity (Wildman–Crippen MR) is 80.0 cm³/mol. The van der Waals surface area contributed by atoms with Crippen LogP contribution in [-0.4, -0.2) is 6.04 Å². The van der Waals surface area contributed by atoms with Crippen molar-refractivity contribution >= 4 is 23.2 Å². The van der Waals surface area contributed by atoms with E-state index in [1.807, 2.05) is 12.1 Å². The third-order valence-electron chi connectivity index (χ3n) is 2.31. The van der Waals surface area contributed by atoms with Gasteiger partial charge in [0, 0.05) is 17.9 Å². The monoisotopic (exact) mass is 283 g/mol. The largest absolute Gasteiger partial charge is 0.327 e. The quantitative estimate of drug-likeness (QED) is 0.823. The van der Waals surface area contributed by atoms with Gasteiger partial charge in [0.05, 0.1) is 10.0 Å². The maximum atomic E-state index is 6.04. The van der Waals surface area contributed by atoms with Crippen molar-refractivity contribution in [3.05, 3.63) is 33.8 Å².